The van der Waals surface area contributed by atoms with Crippen molar-refractivity contribution in [3.63, 3.8) is 0 Å². The minimum Gasteiger partial charge on any atom is -0.380 e. The molecular weight excluding hydrogens is 310 g/mol. The van der Waals surface area contributed by atoms with Crippen LogP contribution in [0.25, 0.3) is 0 Å². The van der Waals surface area contributed by atoms with Gasteiger partial charge < -0.3 is 10.2 Å². The Labute approximate surface area is 147 Å². The number of carbonyl (C=O) groups excluding carboxylic acids is 1. The van der Waals surface area contributed by atoms with E-state index in [1.807, 2.05) is 47.4 Å². The second kappa shape index (κ2) is 6.77. The number of carbonyl (C=O) groups is 1. The van der Waals surface area contributed by atoms with Crippen molar-refractivity contribution < 1.29 is 4.79 Å². The van der Waals surface area contributed by atoms with Crippen LogP contribution < -0.4 is 10.2 Å². The summed E-state index contributed by atoms with van der Waals surface area (Å²) in [5, 5.41) is 3.33. The molecule has 1 amide bonds. The number of nitrogens with one attached hydrogen (secondary N) is 1. The number of pyridine rings is 1. The number of para-hydroxylation sites is 1. The maximum Gasteiger partial charge on any atom is 0.259 e. The number of hydrogen-bond acceptors (Lipinski definition) is 3. The summed E-state index contributed by atoms with van der Waals surface area (Å²) >= 11 is 0. The number of rotatable bonds is 4. The molecule has 0 atom stereocenters. The molecule has 1 aliphatic heterocycles. The number of aromatic nitrogens is 1. The van der Waals surface area contributed by atoms with Crippen LogP contribution in [-0.4, -0.2) is 17.4 Å². The molecule has 0 spiro atoms. The molecule has 4 heteroatoms. The minimum atomic E-state index is 0.000751. The zero-order chi connectivity index (χ0) is 17.1. The van der Waals surface area contributed by atoms with Crippen molar-refractivity contribution >= 4 is 17.3 Å². The second-order valence-electron chi connectivity index (χ2n) is 6.14. The molecule has 2 heterocycles. The van der Waals surface area contributed by atoms with Gasteiger partial charge in [-0.2, -0.15) is 0 Å². The van der Waals surface area contributed by atoms with E-state index in [4.69, 9.17) is 0 Å². The van der Waals surface area contributed by atoms with E-state index in [-0.39, 0.29) is 5.91 Å². The molecule has 3 aromatic rings. The van der Waals surface area contributed by atoms with E-state index < -0.39 is 0 Å². The Kier molecular flexibility index (Phi) is 4.17. The third-order valence-electron chi connectivity index (χ3n) is 4.46. The molecule has 4 rings (SSSR count). The highest BCUT2D eigenvalue weighted by atomic mass is 16.2. The summed E-state index contributed by atoms with van der Waals surface area (Å²) in [5.41, 5.74) is 4.88. The fourth-order valence-electron chi connectivity index (χ4n) is 3.16. The minimum absolute atomic E-state index is 0.000751. The first-order chi connectivity index (χ1) is 12.3. The number of amides is 1. The molecule has 0 saturated carbocycles. The lowest BCUT2D eigenvalue weighted by Crippen LogP contribution is -2.29. The van der Waals surface area contributed by atoms with E-state index >= 15 is 0 Å². The Balaban J connectivity index is 1.51. The highest BCUT2D eigenvalue weighted by Gasteiger charge is 2.25. The van der Waals surface area contributed by atoms with Gasteiger partial charge >= 0.3 is 0 Å². The van der Waals surface area contributed by atoms with Crippen LogP contribution >= 0.6 is 0 Å². The van der Waals surface area contributed by atoms with Crippen LogP contribution in [0, 0.1) is 0 Å². The molecule has 2 aromatic carbocycles. The quantitative estimate of drug-likeness (QED) is 0.790. The standard InChI is InChI=1S/C21H19N3O/c25-21(24-11-10-17-8-4-5-9-20(17)24)18-12-19(15-22-14-18)23-13-16-6-2-1-3-7-16/h1-9,12,14-15,23H,10-11,13H2. The third-order valence-corrected chi connectivity index (χ3v) is 4.46. The molecule has 0 saturated heterocycles. The molecule has 1 aromatic heterocycles. The van der Waals surface area contributed by atoms with Crippen molar-refractivity contribution in [2.24, 2.45) is 0 Å². The highest BCUT2D eigenvalue weighted by Crippen LogP contribution is 2.29. The van der Waals surface area contributed by atoms with Crippen LogP contribution in [0.3, 0.4) is 0 Å². The summed E-state index contributed by atoms with van der Waals surface area (Å²) < 4.78 is 0. The van der Waals surface area contributed by atoms with Gasteiger partial charge in [0.25, 0.3) is 5.91 Å². The average Bonchev–Trinajstić information content (AvgIpc) is 3.11. The molecule has 4 nitrogen and oxygen atoms in total. The summed E-state index contributed by atoms with van der Waals surface area (Å²) in [4.78, 5) is 19.0. The predicted octanol–water partition coefficient (Wildman–Crippen LogP) is 3.90. The summed E-state index contributed by atoms with van der Waals surface area (Å²) in [6, 6.07) is 20.1. The Morgan fingerprint density at radius 1 is 1.04 bits per heavy atom. The smallest absolute Gasteiger partial charge is 0.259 e. The number of benzene rings is 2. The Morgan fingerprint density at radius 3 is 2.72 bits per heavy atom. The first kappa shape index (κ1) is 15.4. The van der Waals surface area contributed by atoms with Gasteiger partial charge in [0.1, 0.15) is 0 Å². The summed E-state index contributed by atoms with van der Waals surface area (Å²) in [5.74, 6) is 0.000751. The van der Waals surface area contributed by atoms with Crippen molar-refractivity contribution in [2.75, 3.05) is 16.8 Å². The van der Waals surface area contributed by atoms with Crippen LogP contribution in [0.5, 0.6) is 0 Å². The van der Waals surface area contributed by atoms with E-state index in [9.17, 15) is 4.79 Å². The zero-order valence-corrected chi connectivity index (χ0v) is 13.9. The van der Waals surface area contributed by atoms with Crippen molar-refractivity contribution in [3.05, 3.63) is 89.7 Å². The molecule has 124 valence electrons. The second-order valence-corrected chi connectivity index (χ2v) is 6.14. The van der Waals surface area contributed by atoms with Gasteiger partial charge in [0.2, 0.25) is 0 Å². The van der Waals surface area contributed by atoms with Gasteiger partial charge in [0.05, 0.1) is 11.3 Å². The van der Waals surface area contributed by atoms with E-state index in [1.54, 1.807) is 12.4 Å². The molecule has 1 N–H and O–H groups in total. The number of hydrogen-bond donors (Lipinski definition) is 1. The Hall–Kier alpha value is -3.14. The van der Waals surface area contributed by atoms with E-state index in [2.05, 4.69) is 28.5 Å². The molecule has 25 heavy (non-hydrogen) atoms. The van der Waals surface area contributed by atoms with Crippen molar-refractivity contribution in [1.82, 2.24) is 4.98 Å². The SMILES string of the molecule is O=C(c1cncc(NCc2ccccc2)c1)N1CCc2ccccc21. The Morgan fingerprint density at radius 2 is 1.84 bits per heavy atom. The summed E-state index contributed by atoms with van der Waals surface area (Å²) in [6.45, 7) is 1.42. The molecule has 0 aliphatic carbocycles. The van der Waals surface area contributed by atoms with Crippen LogP contribution in [0.2, 0.25) is 0 Å². The first-order valence-corrected chi connectivity index (χ1v) is 8.44. The Bertz CT molecular complexity index is 892. The van der Waals surface area contributed by atoms with Crippen LogP contribution in [0.15, 0.2) is 73.1 Å². The largest absolute Gasteiger partial charge is 0.380 e. The summed E-state index contributed by atoms with van der Waals surface area (Å²) in [7, 11) is 0. The monoisotopic (exact) mass is 329 g/mol. The summed E-state index contributed by atoms with van der Waals surface area (Å²) in [6.07, 6.45) is 4.29. The lowest BCUT2D eigenvalue weighted by atomic mass is 10.1. The normalized spacial score (nSPS) is 12.7. The van der Waals surface area contributed by atoms with Gasteiger partial charge in [0.15, 0.2) is 0 Å². The fourth-order valence-corrected chi connectivity index (χ4v) is 3.16. The van der Waals surface area contributed by atoms with Gasteiger partial charge in [-0.25, -0.2) is 0 Å². The van der Waals surface area contributed by atoms with Crippen LogP contribution in [0.4, 0.5) is 11.4 Å². The first-order valence-electron chi connectivity index (χ1n) is 8.44. The van der Waals surface area contributed by atoms with Crippen molar-refractivity contribution in [1.29, 1.82) is 0 Å². The van der Waals surface area contributed by atoms with Gasteiger partial charge in [-0.15, -0.1) is 0 Å². The van der Waals surface area contributed by atoms with Gasteiger partial charge in [-0.1, -0.05) is 48.5 Å². The van der Waals surface area contributed by atoms with E-state index in [0.29, 0.717) is 12.1 Å². The molecule has 0 fully saturated rings. The average molecular weight is 329 g/mol. The van der Waals surface area contributed by atoms with Gasteiger partial charge in [0, 0.05) is 31.2 Å². The fraction of sp³-hybridized carbons (Fsp3) is 0.143. The van der Waals surface area contributed by atoms with E-state index in [0.717, 1.165) is 24.3 Å². The third kappa shape index (κ3) is 3.24. The molecular formula is C21H19N3O. The van der Waals surface area contributed by atoms with Gasteiger partial charge in [-0.05, 0) is 29.7 Å². The van der Waals surface area contributed by atoms with Crippen molar-refractivity contribution in [2.45, 2.75) is 13.0 Å². The lowest BCUT2D eigenvalue weighted by Gasteiger charge is -2.17. The maximum atomic E-state index is 12.9. The van der Waals surface area contributed by atoms with Gasteiger partial charge in [-0.3, -0.25) is 9.78 Å². The number of anilines is 2. The highest BCUT2D eigenvalue weighted by molar-refractivity contribution is 6.07. The molecule has 0 radical (unpaired) electrons. The van der Waals surface area contributed by atoms with Crippen LogP contribution in [0.1, 0.15) is 21.5 Å². The topological polar surface area (TPSA) is 45.2 Å². The molecule has 0 unspecified atom stereocenters. The van der Waals surface area contributed by atoms with Crippen molar-refractivity contribution in [3.8, 4) is 0 Å². The van der Waals surface area contributed by atoms with E-state index in [1.165, 1.54) is 11.1 Å². The molecule has 1 aliphatic rings. The number of nitrogens with zero attached hydrogens (tertiary/aromatic N) is 2. The predicted molar refractivity (Wildman–Crippen MR) is 99.8 cm³/mol. The molecule has 0 bridgehead atoms. The maximum absolute atomic E-state index is 12.9. The number of fused-ring (bicyclic) bond motifs is 1. The lowest BCUT2D eigenvalue weighted by molar-refractivity contribution is 0.0989. The van der Waals surface area contributed by atoms with Crippen LogP contribution in [-0.2, 0) is 13.0 Å². The zero-order valence-electron chi connectivity index (χ0n) is 13.9.